The van der Waals surface area contributed by atoms with Crippen molar-refractivity contribution in [2.45, 2.75) is 6.42 Å². The van der Waals surface area contributed by atoms with Crippen LogP contribution in [0.4, 0.5) is 11.4 Å². The highest BCUT2D eigenvalue weighted by Crippen LogP contribution is 2.27. The van der Waals surface area contributed by atoms with Gasteiger partial charge in [0.05, 0.1) is 16.9 Å². The van der Waals surface area contributed by atoms with Gasteiger partial charge in [0.2, 0.25) is 0 Å². The summed E-state index contributed by atoms with van der Waals surface area (Å²) in [6.07, 6.45) is 7.21. The number of hydrogen-bond acceptors (Lipinski definition) is 3. The van der Waals surface area contributed by atoms with Crippen LogP contribution in [0.3, 0.4) is 0 Å². The quantitative estimate of drug-likeness (QED) is 0.792. The fraction of sp³-hybridized carbons (Fsp3) is 0.0556. The van der Waals surface area contributed by atoms with Crippen molar-refractivity contribution in [3.63, 3.8) is 0 Å². The highest BCUT2D eigenvalue weighted by Gasteiger charge is 2.04. The summed E-state index contributed by atoms with van der Waals surface area (Å²) >= 11 is 0. The van der Waals surface area contributed by atoms with Crippen LogP contribution in [0.5, 0.6) is 0 Å². The Kier molecular flexibility index (Phi) is 3.92. The van der Waals surface area contributed by atoms with E-state index in [0.29, 0.717) is 5.69 Å². The highest BCUT2D eigenvalue weighted by atomic mass is 16.4. The molecule has 0 atom stereocenters. The number of allylic oxidation sites excluding steroid dienone is 4. The van der Waals surface area contributed by atoms with Gasteiger partial charge in [-0.15, -0.1) is 0 Å². The number of rotatable bonds is 4. The molecule has 3 rings (SSSR count). The Bertz CT molecular complexity index is 787. The van der Waals surface area contributed by atoms with Crippen LogP contribution < -0.4 is 0 Å². The molecule has 1 aliphatic rings. The highest BCUT2D eigenvalue weighted by molar-refractivity contribution is 5.87. The van der Waals surface area contributed by atoms with Gasteiger partial charge in [-0.25, -0.2) is 4.79 Å². The Hall–Kier alpha value is -3.01. The van der Waals surface area contributed by atoms with Crippen molar-refractivity contribution in [2.75, 3.05) is 0 Å². The van der Waals surface area contributed by atoms with Crippen LogP contribution in [0.25, 0.3) is 5.57 Å². The molecule has 0 bridgehead atoms. The van der Waals surface area contributed by atoms with E-state index in [0.717, 1.165) is 17.7 Å². The van der Waals surface area contributed by atoms with Gasteiger partial charge in [0.1, 0.15) is 0 Å². The Morgan fingerprint density at radius 2 is 1.77 bits per heavy atom. The summed E-state index contributed by atoms with van der Waals surface area (Å²) < 4.78 is 0. The summed E-state index contributed by atoms with van der Waals surface area (Å²) in [5.41, 5.74) is 4.04. The zero-order valence-electron chi connectivity index (χ0n) is 11.8. The molecule has 0 aromatic heterocycles. The molecule has 0 saturated heterocycles. The van der Waals surface area contributed by atoms with Crippen molar-refractivity contribution in [1.29, 1.82) is 0 Å². The Morgan fingerprint density at radius 3 is 2.45 bits per heavy atom. The van der Waals surface area contributed by atoms with E-state index in [9.17, 15) is 4.79 Å². The molecular weight excluding hydrogens is 276 g/mol. The van der Waals surface area contributed by atoms with Gasteiger partial charge < -0.3 is 5.11 Å². The van der Waals surface area contributed by atoms with Crippen molar-refractivity contribution in [3.05, 3.63) is 77.9 Å². The van der Waals surface area contributed by atoms with Gasteiger partial charge in [-0.2, -0.15) is 10.2 Å². The average Bonchev–Trinajstić information content (AvgIpc) is 3.08. The van der Waals surface area contributed by atoms with E-state index in [4.69, 9.17) is 5.11 Å². The van der Waals surface area contributed by atoms with Crippen LogP contribution in [-0.2, 0) is 0 Å². The molecule has 0 aliphatic heterocycles. The minimum atomic E-state index is -0.949. The molecule has 0 unspecified atom stereocenters. The number of azo groups is 1. The smallest absolute Gasteiger partial charge is 0.335 e. The number of carbonyl (C=O) groups is 1. The predicted molar refractivity (Wildman–Crippen MR) is 85.8 cm³/mol. The van der Waals surface area contributed by atoms with Gasteiger partial charge in [-0.1, -0.05) is 30.4 Å². The maximum Gasteiger partial charge on any atom is 0.335 e. The van der Waals surface area contributed by atoms with Gasteiger partial charge in [0.25, 0.3) is 0 Å². The third-order valence-corrected chi connectivity index (χ3v) is 3.38. The molecule has 0 saturated carbocycles. The van der Waals surface area contributed by atoms with Crippen LogP contribution in [0.1, 0.15) is 22.3 Å². The number of aromatic carboxylic acids is 1. The van der Waals surface area contributed by atoms with E-state index < -0.39 is 5.97 Å². The summed E-state index contributed by atoms with van der Waals surface area (Å²) in [7, 11) is 0. The second-order valence-electron chi connectivity index (χ2n) is 4.93. The molecule has 0 amide bonds. The van der Waals surface area contributed by atoms with Crippen molar-refractivity contribution >= 4 is 22.9 Å². The van der Waals surface area contributed by atoms with Crippen molar-refractivity contribution in [1.82, 2.24) is 0 Å². The monoisotopic (exact) mass is 290 g/mol. The molecule has 0 heterocycles. The van der Waals surface area contributed by atoms with Crippen molar-refractivity contribution in [2.24, 2.45) is 10.2 Å². The summed E-state index contributed by atoms with van der Waals surface area (Å²) in [5.74, 6) is -0.949. The maximum atomic E-state index is 10.8. The molecule has 0 spiro atoms. The van der Waals surface area contributed by atoms with Crippen LogP contribution >= 0.6 is 0 Å². The SMILES string of the molecule is O=C(O)c1ccc(N=Nc2cccc(C3=CC=CC3)c2)cc1. The lowest BCUT2D eigenvalue weighted by Crippen LogP contribution is -1.93. The molecule has 22 heavy (non-hydrogen) atoms. The van der Waals surface area contributed by atoms with Gasteiger partial charge in [0.15, 0.2) is 0 Å². The average molecular weight is 290 g/mol. The molecule has 1 aliphatic carbocycles. The predicted octanol–water partition coefficient (Wildman–Crippen LogP) is 5.14. The number of nitrogens with zero attached hydrogens (tertiary/aromatic N) is 2. The van der Waals surface area contributed by atoms with Gasteiger partial charge in [-0.05, 0) is 54.0 Å². The largest absolute Gasteiger partial charge is 0.478 e. The number of benzene rings is 2. The minimum Gasteiger partial charge on any atom is -0.478 e. The molecule has 108 valence electrons. The van der Waals surface area contributed by atoms with Crippen LogP contribution in [0, 0.1) is 0 Å². The van der Waals surface area contributed by atoms with Gasteiger partial charge >= 0.3 is 5.97 Å². The maximum absolute atomic E-state index is 10.8. The normalized spacial score (nSPS) is 13.5. The van der Waals surface area contributed by atoms with Gasteiger partial charge in [-0.3, -0.25) is 0 Å². The molecule has 2 aromatic carbocycles. The second kappa shape index (κ2) is 6.18. The van der Waals surface area contributed by atoms with Crippen LogP contribution in [0.15, 0.2) is 77.0 Å². The van der Waals surface area contributed by atoms with E-state index in [1.807, 2.05) is 24.3 Å². The first-order chi connectivity index (χ1) is 10.7. The zero-order valence-corrected chi connectivity index (χ0v) is 11.8. The summed E-state index contributed by atoms with van der Waals surface area (Å²) in [4.78, 5) is 10.8. The number of carboxylic acid groups (broad SMARTS) is 1. The number of carboxylic acids is 1. The zero-order chi connectivity index (χ0) is 15.4. The first kappa shape index (κ1) is 13.9. The van der Waals surface area contributed by atoms with Crippen molar-refractivity contribution < 1.29 is 9.90 Å². The minimum absolute atomic E-state index is 0.238. The fourth-order valence-corrected chi connectivity index (χ4v) is 2.22. The second-order valence-corrected chi connectivity index (χ2v) is 4.93. The Morgan fingerprint density at radius 1 is 1.00 bits per heavy atom. The lowest BCUT2D eigenvalue weighted by molar-refractivity contribution is 0.0697. The molecule has 1 N–H and O–H groups in total. The topological polar surface area (TPSA) is 62.0 Å². The van der Waals surface area contributed by atoms with Crippen LogP contribution in [-0.4, -0.2) is 11.1 Å². The molecule has 4 nitrogen and oxygen atoms in total. The van der Waals surface area contributed by atoms with Crippen molar-refractivity contribution in [3.8, 4) is 0 Å². The third-order valence-electron chi connectivity index (χ3n) is 3.38. The number of hydrogen-bond donors (Lipinski definition) is 1. The lowest BCUT2D eigenvalue weighted by Gasteiger charge is -2.02. The summed E-state index contributed by atoms with van der Waals surface area (Å²) in [5, 5.41) is 17.2. The summed E-state index contributed by atoms with van der Waals surface area (Å²) in [6, 6.07) is 14.2. The molecule has 4 heteroatoms. The van der Waals surface area contributed by atoms with Gasteiger partial charge in [0, 0.05) is 0 Å². The Balaban J connectivity index is 1.77. The molecule has 0 radical (unpaired) electrons. The van der Waals surface area contributed by atoms with Crippen LogP contribution in [0.2, 0.25) is 0 Å². The first-order valence-corrected chi connectivity index (χ1v) is 6.93. The fourth-order valence-electron chi connectivity index (χ4n) is 2.22. The first-order valence-electron chi connectivity index (χ1n) is 6.93. The van der Waals surface area contributed by atoms with E-state index in [1.54, 1.807) is 12.1 Å². The molecule has 0 fully saturated rings. The lowest BCUT2D eigenvalue weighted by atomic mass is 10.1. The molecular formula is C18H14N2O2. The Labute approximate surface area is 128 Å². The third kappa shape index (κ3) is 3.17. The summed E-state index contributed by atoms with van der Waals surface area (Å²) in [6.45, 7) is 0. The standard InChI is InChI=1S/C18H14N2O2/c21-18(22)14-8-10-16(11-9-14)19-20-17-7-3-6-15(12-17)13-4-1-2-5-13/h1-4,6-12H,5H2,(H,21,22). The van der Waals surface area contributed by atoms with E-state index in [1.165, 1.54) is 17.7 Å². The van der Waals surface area contributed by atoms with E-state index >= 15 is 0 Å². The van der Waals surface area contributed by atoms with E-state index in [-0.39, 0.29) is 5.56 Å². The molecule has 2 aromatic rings. The van der Waals surface area contributed by atoms with E-state index in [2.05, 4.69) is 28.4 Å².